The van der Waals surface area contributed by atoms with E-state index in [-0.39, 0.29) is 16.7 Å². The maximum atomic E-state index is 13.1. The van der Waals surface area contributed by atoms with Gasteiger partial charge in [-0.2, -0.15) is 13.2 Å². The number of nitrogens with one attached hydrogen (secondary N) is 2. The van der Waals surface area contributed by atoms with Crippen LogP contribution in [0.5, 0.6) is 0 Å². The summed E-state index contributed by atoms with van der Waals surface area (Å²) in [5, 5.41) is 2.87. The van der Waals surface area contributed by atoms with Crippen LogP contribution in [0.3, 0.4) is 0 Å². The van der Waals surface area contributed by atoms with Gasteiger partial charge in [0.05, 0.1) is 23.1 Å². The number of hydrogen-bond acceptors (Lipinski definition) is 3. The Morgan fingerprint density at radius 2 is 1.71 bits per heavy atom. The number of alkyl halides is 3. The van der Waals surface area contributed by atoms with Crippen molar-refractivity contribution in [1.82, 2.24) is 5.32 Å². The summed E-state index contributed by atoms with van der Waals surface area (Å²) in [6.07, 6.45) is 6.05. The van der Waals surface area contributed by atoms with Gasteiger partial charge in [-0.1, -0.05) is 5.92 Å². The first-order valence-corrected chi connectivity index (χ1v) is 10.8. The standard InChI is InChI=1S/C19H21F3N2O3S/c1-3-17-6-9-18(10-7-17,11-8-17)23-16(25)14-12-13(19(20,21)22)4-5-15(14)24-28(2,26)27/h1,4-5,12,24H,6-11H2,2H3,(H,23,25). The molecular weight excluding hydrogens is 393 g/mol. The van der Waals surface area contributed by atoms with Crippen molar-refractivity contribution in [3.8, 4) is 12.3 Å². The minimum atomic E-state index is -4.65. The van der Waals surface area contributed by atoms with E-state index in [1.165, 1.54) is 0 Å². The highest BCUT2D eigenvalue weighted by molar-refractivity contribution is 7.92. The second-order valence-electron chi connectivity index (χ2n) is 7.79. The molecular formula is C19H21F3N2O3S. The highest BCUT2D eigenvalue weighted by atomic mass is 32.2. The first-order chi connectivity index (χ1) is 12.9. The van der Waals surface area contributed by atoms with Crippen molar-refractivity contribution in [2.45, 2.75) is 50.2 Å². The predicted octanol–water partition coefficient (Wildman–Crippen LogP) is 3.53. The van der Waals surface area contributed by atoms with Crippen molar-refractivity contribution in [2.75, 3.05) is 11.0 Å². The van der Waals surface area contributed by atoms with Crippen LogP contribution in [0.1, 0.15) is 54.4 Å². The third-order valence-corrected chi connectivity index (χ3v) is 6.41. The van der Waals surface area contributed by atoms with Crippen LogP contribution >= 0.6 is 0 Å². The summed E-state index contributed by atoms with van der Waals surface area (Å²) in [5.41, 5.74) is -2.23. The van der Waals surface area contributed by atoms with Crippen LogP contribution in [0, 0.1) is 17.8 Å². The van der Waals surface area contributed by atoms with Gasteiger partial charge in [-0.15, -0.1) is 6.42 Å². The number of carbonyl (C=O) groups excluding carboxylic acids is 1. The molecule has 1 aromatic rings. The molecule has 2 N–H and O–H groups in total. The monoisotopic (exact) mass is 414 g/mol. The lowest BCUT2D eigenvalue weighted by Gasteiger charge is -2.51. The van der Waals surface area contributed by atoms with Gasteiger partial charge in [-0.25, -0.2) is 8.42 Å². The van der Waals surface area contributed by atoms with E-state index in [0.29, 0.717) is 25.3 Å². The van der Waals surface area contributed by atoms with E-state index in [4.69, 9.17) is 6.42 Å². The summed E-state index contributed by atoms with van der Waals surface area (Å²) in [6.45, 7) is 0. The molecule has 3 aliphatic carbocycles. The first-order valence-electron chi connectivity index (χ1n) is 8.86. The molecule has 0 spiro atoms. The zero-order valence-corrected chi connectivity index (χ0v) is 16.1. The number of rotatable bonds is 4. The van der Waals surface area contributed by atoms with E-state index >= 15 is 0 Å². The van der Waals surface area contributed by atoms with E-state index in [0.717, 1.165) is 37.7 Å². The van der Waals surface area contributed by atoms with E-state index in [1.807, 2.05) is 0 Å². The van der Waals surface area contributed by atoms with Crippen LogP contribution in [-0.4, -0.2) is 26.1 Å². The minimum absolute atomic E-state index is 0.147. The van der Waals surface area contributed by atoms with Crippen LogP contribution in [0.25, 0.3) is 0 Å². The average molecular weight is 414 g/mol. The number of halogens is 3. The van der Waals surface area contributed by atoms with Crippen molar-refractivity contribution in [2.24, 2.45) is 5.41 Å². The molecule has 0 atom stereocenters. The summed E-state index contributed by atoms with van der Waals surface area (Å²) in [6, 6.07) is 2.38. The zero-order valence-electron chi connectivity index (χ0n) is 15.3. The summed E-state index contributed by atoms with van der Waals surface area (Å²) < 4.78 is 64.5. The third kappa shape index (κ3) is 4.12. The second kappa shape index (κ2) is 6.69. The van der Waals surface area contributed by atoms with Gasteiger partial charge in [0, 0.05) is 11.0 Å². The lowest BCUT2D eigenvalue weighted by Crippen LogP contribution is -2.56. The number of terminal acetylenes is 1. The van der Waals surface area contributed by atoms with Crippen molar-refractivity contribution in [3.63, 3.8) is 0 Å². The molecule has 4 rings (SSSR count). The number of fused-ring (bicyclic) bond motifs is 3. The van der Waals surface area contributed by atoms with Crippen molar-refractivity contribution < 1.29 is 26.4 Å². The van der Waals surface area contributed by atoms with Crippen molar-refractivity contribution >= 4 is 21.6 Å². The molecule has 3 fully saturated rings. The normalized spacial score (nSPS) is 27.1. The Hall–Kier alpha value is -2.21. The highest BCUT2D eigenvalue weighted by Gasteiger charge is 2.48. The molecule has 5 nitrogen and oxygen atoms in total. The van der Waals surface area contributed by atoms with E-state index in [2.05, 4.69) is 16.0 Å². The highest BCUT2D eigenvalue weighted by Crippen LogP contribution is 2.52. The molecule has 152 valence electrons. The zero-order chi connectivity index (χ0) is 20.8. The summed E-state index contributed by atoms with van der Waals surface area (Å²) >= 11 is 0. The van der Waals surface area contributed by atoms with Gasteiger partial charge in [-0.05, 0) is 56.7 Å². The lowest BCUT2D eigenvalue weighted by molar-refractivity contribution is -0.137. The Kier molecular flexibility index (Phi) is 4.90. The lowest BCUT2D eigenvalue weighted by atomic mass is 9.57. The van der Waals surface area contributed by atoms with Gasteiger partial charge in [0.25, 0.3) is 5.91 Å². The average Bonchev–Trinajstić information content (AvgIpc) is 2.61. The summed E-state index contributed by atoms with van der Waals surface area (Å²) in [7, 11) is -3.77. The molecule has 1 aromatic carbocycles. The third-order valence-electron chi connectivity index (χ3n) is 5.82. The van der Waals surface area contributed by atoms with Crippen molar-refractivity contribution in [1.29, 1.82) is 0 Å². The topological polar surface area (TPSA) is 75.3 Å². The van der Waals surface area contributed by atoms with Gasteiger partial charge in [0.2, 0.25) is 10.0 Å². The number of sulfonamides is 1. The van der Waals surface area contributed by atoms with Gasteiger partial charge in [0.15, 0.2) is 0 Å². The molecule has 0 unspecified atom stereocenters. The molecule has 1 amide bonds. The number of anilines is 1. The van der Waals surface area contributed by atoms with E-state index in [1.54, 1.807) is 0 Å². The van der Waals surface area contributed by atoms with E-state index in [9.17, 15) is 26.4 Å². The smallest absolute Gasteiger partial charge is 0.347 e. The molecule has 0 aromatic heterocycles. The molecule has 0 aliphatic heterocycles. The Morgan fingerprint density at radius 3 is 2.18 bits per heavy atom. The van der Waals surface area contributed by atoms with Crippen LogP contribution < -0.4 is 10.0 Å². The molecule has 2 bridgehead atoms. The van der Waals surface area contributed by atoms with Crippen LogP contribution in [0.2, 0.25) is 0 Å². The second-order valence-corrected chi connectivity index (χ2v) is 9.54. The minimum Gasteiger partial charge on any atom is -0.347 e. The van der Waals surface area contributed by atoms with E-state index < -0.39 is 33.2 Å². The number of benzene rings is 1. The number of hydrogen-bond donors (Lipinski definition) is 2. The Bertz CT molecular complexity index is 924. The molecule has 9 heteroatoms. The number of amides is 1. The van der Waals surface area contributed by atoms with Gasteiger partial charge in [0.1, 0.15) is 0 Å². The Morgan fingerprint density at radius 1 is 1.14 bits per heavy atom. The molecule has 0 saturated heterocycles. The predicted molar refractivity (Wildman–Crippen MR) is 99.1 cm³/mol. The molecule has 3 saturated carbocycles. The fourth-order valence-electron chi connectivity index (χ4n) is 4.10. The summed E-state index contributed by atoms with van der Waals surface area (Å²) in [5.74, 6) is 2.12. The van der Waals surface area contributed by atoms with Crippen LogP contribution in [0.15, 0.2) is 18.2 Å². The number of carbonyl (C=O) groups is 1. The first kappa shape index (κ1) is 20.5. The molecule has 0 heterocycles. The maximum Gasteiger partial charge on any atom is 0.416 e. The Balaban J connectivity index is 1.91. The largest absolute Gasteiger partial charge is 0.416 e. The quantitative estimate of drug-likeness (QED) is 0.740. The van der Waals surface area contributed by atoms with Crippen LogP contribution in [0.4, 0.5) is 18.9 Å². The van der Waals surface area contributed by atoms with Gasteiger partial charge < -0.3 is 5.32 Å². The van der Waals surface area contributed by atoms with Crippen LogP contribution in [-0.2, 0) is 16.2 Å². The molecule has 0 radical (unpaired) electrons. The van der Waals surface area contributed by atoms with Gasteiger partial charge in [-0.3, -0.25) is 9.52 Å². The Labute approximate surface area is 162 Å². The fraction of sp³-hybridized carbons (Fsp3) is 0.526. The van der Waals surface area contributed by atoms with Gasteiger partial charge >= 0.3 is 6.18 Å². The summed E-state index contributed by atoms with van der Waals surface area (Å²) in [4.78, 5) is 12.9. The molecule has 3 aliphatic rings. The SMILES string of the molecule is C#CC12CCC(NC(=O)c3cc(C(F)(F)F)ccc3NS(C)(=O)=O)(CC1)CC2. The molecule has 28 heavy (non-hydrogen) atoms. The fourth-order valence-corrected chi connectivity index (χ4v) is 4.67. The van der Waals surface area contributed by atoms with Crippen molar-refractivity contribution in [3.05, 3.63) is 29.3 Å². The maximum absolute atomic E-state index is 13.1.